The zero-order chi connectivity index (χ0) is 19.1. The van der Waals surface area contributed by atoms with Crippen LogP contribution in [-0.4, -0.2) is 8.92 Å². The van der Waals surface area contributed by atoms with Crippen LogP contribution in [0.1, 0.15) is 72.9 Å². The monoisotopic (exact) mass is 431 g/mol. The summed E-state index contributed by atoms with van der Waals surface area (Å²) in [5, 5.41) is 9.36. The van der Waals surface area contributed by atoms with Crippen LogP contribution < -0.4 is 24.8 Å². The molecule has 0 atom stereocenters. The number of rotatable bonds is 0. The van der Waals surface area contributed by atoms with Gasteiger partial charge in [-0.2, -0.15) is 11.1 Å². The Morgan fingerprint density at radius 2 is 1.46 bits per heavy atom. The van der Waals surface area contributed by atoms with Gasteiger partial charge >= 0.3 is 37.6 Å². The van der Waals surface area contributed by atoms with Crippen molar-refractivity contribution >= 4 is 3.81 Å². The van der Waals surface area contributed by atoms with Crippen LogP contribution in [0.25, 0.3) is 0 Å². The summed E-state index contributed by atoms with van der Waals surface area (Å²) in [5.74, 6) is 0.361. The number of phenolic OH excluding ortho intramolecular Hbond substituents is 1. The molecule has 1 aliphatic rings. The van der Waals surface area contributed by atoms with E-state index in [2.05, 4.69) is 87.5 Å². The Kier molecular flexibility index (Phi) is 16.1. The number of benzene rings is 1. The van der Waals surface area contributed by atoms with Crippen molar-refractivity contribution in [2.24, 2.45) is 0 Å². The molecule has 147 valence electrons. The Balaban J connectivity index is -0.000000331. The third kappa shape index (κ3) is 12.9. The minimum Gasteiger partial charge on any atom is -1.00 e. The molecule has 1 nitrogen and oxygen atoms in total. The number of aryl methyl sites for hydroxylation is 1. The van der Waals surface area contributed by atoms with Crippen molar-refractivity contribution in [2.45, 2.75) is 74.1 Å². The van der Waals surface area contributed by atoms with Gasteiger partial charge < -0.3 is 29.9 Å². The van der Waals surface area contributed by atoms with E-state index in [-0.39, 0.29) is 30.2 Å². The molecule has 0 bridgehead atoms. The van der Waals surface area contributed by atoms with E-state index >= 15 is 0 Å². The predicted molar refractivity (Wildman–Crippen MR) is 103 cm³/mol. The number of hydrogen-bond acceptors (Lipinski definition) is 1. The third-order valence-corrected chi connectivity index (χ3v) is 3.75. The summed E-state index contributed by atoms with van der Waals surface area (Å²) in [6, 6.07) is 5.71. The molecule has 0 aromatic heterocycles. The summed E-state index contributed by atoms with van der Waals surface area (Å²) in [6.45, 7) is 19.0. The molecule has 0 unspecified atom stereocenters. The van der Waals surface area contributed by atoms with Crippen molar-refractivity contribution in [3.63, 3.8) is 0 Å². The normalized spacial score (nSPS) is 12.5. The molecule has 0 spiro atoms. The largest absolute Gasteiger partial charge is 1.00 e. The molecular weight excluding hydrogens is 399 g/mol. The van der Waals surface area contributed by atoms with E-state index < -0.39 is 0 Å². The quantitative estimate of drug-likeness (QED) is 0.460. The van der Waals surface area contributed by atoms with Crippen molar-refractivity contribution in [1.29, 1.82) is 0 Å². The van der Waals surface area contributed by atoms with E-state index in [0.29, 0.717) is 5.75 Å². The number of phenols is 1. The molecular formula is C22H33Cl2OTi-2. The van der Waals surface area contributed by atoms with Gasteiger partial charge in [-0.05, 0) is 35.6 Å². The van der Waals surface area contributed by atoms with Gasteiger partial charge in [-0.3, -0.25) is 6.08 Å². The Bertz CT molecular complexity index is 608. The van der Waals surface area contributed by atoms with E-state index in [1.54, 1.807) is 6.07 Å². The molecule has 1 aliphatic carbocycles. The van der Waals surface area contributed by atoms with Gasteiger partial charge in [-0.25, -0.2) is 5.57 Å². The van der Waals surface area contributed by atoms with Crippen LogP contribution in [0, 0.1) is 13.0 Å². The number of hydrogen-bond donors (Lipinski definition) is 1. The van der Waals surface area contributed by atoms with Crippen LogP contribution in [-0.2, 0) is 25.4 Å². The smallest absolute Gasteiger partial charge is 0.116 e. The molecule has 2 rings (SSSR count). The first kappa shape index (κ1) is 30.4. The molecule has 0 saturated carbocycles. The number of halogens is 2. The maximum Gasteiger partial charge on any atom is 0.116 e. The molecule has 1 aromatic carbocycles. The molecule has 26 heavy (non-hydrogen) atoms. The van der Waals surface area contributed by atoms with Gasteiger partial charge in [0.2, 0.25) is 0 Å². The Hall–Kier alpha value is -0.336. The Labute approximate surface area is 185 Å². The average molecular weight is 432 g/mol. The molecule has 0 heterocycles. The van der Waals surface area contributed by atoms with E-state index in [0.717, 1.165) is 12.0 Å². The Morgan fingerprint density at radius 3 is 1.69 bits per heavy atom. The summed E-state index contributed by atoms with van der Waals surface area (Å²) in [7, 11) is 0. The van der Waals surface area contributed by atoms with Crippen LogP contribution in [0.5, 0.6) is 5.75 Å². The molecule has 0 radical (unpaired) electrons. The average Bonchev–Trinajstić information content (AvgIpc) is 2.68. The van der Waals surface area contributed by atoms with Crippen LogP contribution in [0.4, 0.5) is 0 Å². The van der Waals surface area contributed by atoms with Gasteiger partial charge in [-0.1, -0.05) is 40.7 Å². The number of allylic oxidation sites excluding steroid dienone is 4. The minimum absolute atomic E-state index is 0. The van der Waals surface area contributed by atoms with Crippen LogP contribution in [0.3, 0.4) is 0 Å². The standard InChI is InChI=1S/C11H16O.C8H11.C3H6.2ClH.Ti/c1-8-5-9(11(2,3)4)7-10(12)6-8;1-6-4-5-7(2)8(6)3;1-3-2;;;/h5-7,12H,1-4H3;4H2,1-3H3;1-2H3;2*1H;/q;-1;;;;+1/p-2. The maximum atomic E-state index is 9.36. The zero-order valence-corrected chi connectivity index (χ0v) is 20.7. The topological polar surface area (TPSA) is 20.2 Å². The fraction of sp³-hybridized carbons (Fsp3) is 0.500. The fourth-order valence-corrected chi connectivity index (χ4v) is 2.05. The molecule has 0 fully saturated rings. The molecule has 4 heteroatoms. The van der Waals surface area contributed by atoms with Crippen LogP contribution in [0.15, 0.2) is 34.9 Å². The van der Waals surface area contributed by atoms with Gasteiger partial charge in [0.15, 0.2) is 0 Å². The van der Waals surface area contributed by atoms with Gasteiger partial charge in [0.1, 0.15) is 5.75 Å². The van der Waals surface area contributed by atoms with E-state index in [4.69, 9.17) is 0 Å². The van der Waals surface area contributed by atoms with Gasteiger partial charge in [0.25, 0.3) is 0 Å². The second-order valence-corrected chi connectivity index (χ2v) is 9.25. The Morgan fingerprint density at radius 1 is 1.00 bits per heavy atom. The van der Waals surface area contributed by atoms with Crippen LogP contribution >= 0.6 is 0 Å². The molecule has 1 N–H and O–H groups in total. The second kappa shape index (κ2) is 13.8. The molecule has 0 amide bonds. The second-order valence-electron chi connectivity index (χ2n) is 7.69. The van der Waals surface area contributed by atoms with E-state index in [1.807, 2.05) is 13.0 Å². The van der Waals surface area contributed by atoms with Crippen molar-refractivity contribution < 1.29 is 49.9 Å². The first-order valence-electron chi connectivity index (χ1n) is 8.41. The van der Waals surface area contributed by atoms with Crippen molar-refractivity contribution in [2.75, 3.05) is 0 Å². The SMILES string of the molecule is CC1=[C-]CC(C)=C1C.C[C](C)=[Ti+].Cc1cc(O)cc(C(C)(C)C)c1.[Cl-].[Cl-]. The van der Waals surface area contributed by atoms with Crippen molar-refractivity contribution in [3.8, 4) is 5.75 Å². The van der Waals surface area contributed by atoms with Gasteiger partial charge in [0.05, 0.1) is 0 Å². The number of aromatic hydroxyl groups is 1. The van der Waals surface area contributed by atoms with Crippen molar-refractivity contribution in [3.05, 3.63) is 52.1 Å². The molecule has 0 aliphatic heterocycles. The summed E-state index contributed by atoms with van der Waals surface area (Å²) in [4.78, 5) is 0. The van der Waals surface area contributed by atoms with E-state index in [1.165, 1.54) is 26.1 Å². The molecule has 0 saturated heterocycles. The minimum atomic E-state index is 0. The maximum absolute atomic E-state index is 9.36. The summed E-state index contributed by atoms with van der Waals surface area (Å²) in [6.07, 6.45) is 4.31. The summed E-state index contributed by atoms with van der Waals surface area (Å²) >= 11 is 2.08. The molecule has 1 aromatic rings. The van der Waals surface area contributed by atoms with E-state index in [9.17, 15) is 5.11 Å². The first-order chi connectivity index (χ1) is 10.8. The predicted octanol–water partition coefficient (Wildman–Crippen LogP) is 0.228. The summed E-state index contributed by atoms with van der Waals surface area (Å²) < 4.78 is 1.42. The fourth-order valence-electron chi connectivity index (χ4n) is 2.05. The zero-order valence-electron chi connectivity index (χ0n) is 17.6. The van der Waals surface area contributed by atoms with Crippen molar-refractivity contribution in [1.82, 2.24) is 0 Å². The first-order valence-corrected chi connectivity index (χ1v) is 9.19. The van der Waals surface area contributed by atoms with Gasteiger partial charge in [-0.15, -0.1) is 13.3 Å². The van der Waals surface area contributed by atoms with Crippen LogP contribution in [0.2, 0.25) is 0 Å². The third-order valence-electron chi connectivity index (χ3n) is 3.75. The summed E-state index contributed by atoms with van der Waals surface area (Å²) in [5.41, 5.74) is 6.65. The van der Waals surface area contributed by atoms with Gasteiger partial charge in [0, 0.05) is 0 Å².